The predicted octanol–water partition coefficient (Wildman–Crippen LogP) is 17.5. The number of thiophene rings is 2. The summed E-state index contributed by atoms with van der Waals surface area (Å²) in [6, 6.07) is 44.2. The molecule has 5 N–H and O–H groups in total. The summed E-state index contributed by atoms with van der Waals surface area (Å²) >= 11 is 3.34. The Labute approximate surface area is 569 Å². The van der Waals surface area contributed by atoms with Gasteiger partial charge in [-0.1, -0.05) is 98.5 Å². The second-order valence-corrected chi connectivity index (χ2v) is 25.6. The lowest BCUT2D eigenvalue weighted by atomic mass is 9.84. The molecule has 6 aromatic carbocycles. The number of fused-ring (bicyclic) bond motifs is 2. The Morgan fingerprint density at radius 2 is 0.833 bits per heavy atom. The lowest BCUT2D eigenvalue weighted by Gasteiger charge is -2.22. The van der Waals surface area contributed by atoms with Crippen LogP contribution in [0.3, 0.4) is 0 Å². The molecule has 5 aliphatic rings. The third-order valence-corrected chi connectivity index (χ3v) is 19.7. The summed E-state index contributed by atoms with van der Waals surface area (Å²) in [6.45, 7) is 4.64. The Bertz CT molecular complexity index is 4040. The first-order chi connectivity index (χ1) is 46.9. The lowest BCUT2D eigenvalue weighted by Crippen LogP contribution is -2.18. The highest BCUT2D eigenvalue weighted by molar-refractivity contribution is 7.13. The van der Waals surface area contributed by atoms with Gasteiger partial charge in [-0.15, -0.1) is 22.7 Å². The van der Waals surface area contributed by atoms with Crippen LogP contribution in [0.25, 0.3) is 44.5 Å². The second kappa shape index (κ2) is 31.7. The Hall–Kier alpha value is -9.72. The van der Waals surface area contributed by atoms with Crippen molar-refractivity contribution in [3.05, 3.63) is 171 Å². The van der Waals surface area contributed by atoms with Crippen molar-refractivity contribution in [3.8, 4) is 102 Å². The molecule has 0 saturated heterocycles. The first kappa shape index (κ1) is 67.7. The quantitative estimate of drug-likeness (QED) is 0.0540. The average molecular weight is 1330 g/mol. The van der Waals surface area contributed by atoms with Crippen molar-refractivity contribution in [1.82, 2.24) is 9.97 Å². The fourth-order valence-electron chi connectivity index (χ4n) is 13.1. The number of phenols is 4. The van der Waals surface area contributed by atoms with Crippen molar-refractivity contribution < 1.29 is 58.3 Å². The minimum absolute atomic E-state index is 0.00271. The molecule has 2 saturated carbocycles. The molecule has 6 heterocycles. The SMILES string of the molecule is CCOc1cc(-c2nc(-c3ccccc3)c(-c3cccs3)[nH]2)cc(OCC)c1O.COc1cc(C2=NC(c3cccs3)=C(c3ccccc3)C2)cc(OC)c1O.COc1cc(C2=NC3CCCCC3C2)cc(OC)c1O.COc1cc(C2=NC3CCCCC3C2)cc(OC)c1O. The highest BCUT2D eigenvalue weighted by atomic mass is 32.1. The minimum Gasteiger partial charge on any atom is -0.502 e. The number of aliphatic imine (C=N–C) groups is 3. The number of nitrogens with one attached hydrogen (secondary N) is 1. The van der Waals surface area contributed by atoms with Crippen LogP contribution in [0.15, 0.2) is 159 Å². The number of benzene rings is 6. The van der Waals surface area contributed by atoms with Crippen LogP contribution >= 0.6 is 22.7 Å². The zero-order valence-electron chi connectivity index (χ0n) is 55.5. The normalized spacial score (nSPS) is 17.5. The summed E-state index contributed by atoms with van der Waals surface area (Å²) in [5, 5.41) is 44.7. The average Bonchev–Trinajstić information content (AvgIpc) is 1.61. The van der Waals surface area contributed by atoms with E-state index in [0.29, 0.717) is 95.4 Å². The summed E-state index contributed by atoms with van der Waals surface area (Å²) in [7, 11) is 9.25. The number of phenolic OH excluding ortho intramolecular Hbond substituents is 4. The van der Waals surface area contributed by atoms with Crippen molar-refractivity contribution in [2.24, 2.45) is 26.8 Å². The van der Waals surface area contributed by atoms with Crippen LogP contribution in [-0.4, -0.2) is 115 Å². The van der Waals surface area contributed by atoms with Gasteiger partial charge in [0, 0.05) is 45.7 Å². The van der Waals surface area contributed by atoms with Crippen molar-refractivity contribution in [3.63, 3.8) is 0 Å². The molecule has 4 atom stereocenters. The van der Waals surface area contributed by atoms with Gasteiger partial charge in [-0.2, -0.15) is 0 Å². The number of hydrogen-bond donors (Lipinski definition) is 5. The maximum Gasteiger partial charge on any atom is 0.200 e. The number of aromatic hydroxyl groups is 4. The number of methoxy groups -OCH3 is 6. The third-order valence-electron chi connectivity index (χ3n) is 17.9. The Balaban J connectivity index is 0.000000132. The molecule has 96 heavy (non-hydrogen) atoms. The Morgan fingerprint density at radius 3 is 1.24 bits per heavy atom. The fraction of sp³-hybridized carbons (Fsp3) is 0.325. The van der Waals surface area contributed by atoms with Crippen LogP contribution in [0.2, 0.25) is 0 Å². The summed E-state index contributed by atoms with van der Waals surface area (Å²) in [4.78, 5) is 25.3. The Kier molecular flexibility index (Phi) is 22.3. The van der Waals surface area contributed by atoms with Crippen molar-refractivity contribution in [2.75, 3.05) is 55.9 Å². The first-order valence-electron chi connectivity index (χ1n) is 32.6. The van der Waals surface area contributed by atoms with Gasteiger partial charge >= 0.3 is 0 Å². The van der Waals surface area contributed by atoms with E-state index in [4.69, 9.17) is 57.9 Å². The first-order valence-corrected chi connectivity index (χ1v) is 34.3. The molecule has 9 aromatic rings. The van der Waals surface area contributed by atoms with Crippen molar-refractivity contribution in [1.29, 1.82) is 0 Å². The summed E-state index contributed by atoms with van der Waals surface area (Å²) in [5.41, 5.74) is 13.1. The van der Waals surface area contributed by atoms with Crippen LogP contribution in [0, 0.1) is 11.8 Å². The van der Waals surface area contributed by atoms with Gasteiger partial charge < -0.3 is 63.3 Å². The highest BCUT2D eigenvalue weighted by Gasteiger charge is 2.34. The van der Waals surface area contributed by atoms with Crippen LogP contribution in [0.4, 0.5) is 0 Å². The van der Waals surface area contributed by atoms with Gasteiger partial charge in [-0.3, -0.25) is 15.0 Å². The van der Waals surface area contributed by atoms with Crippen LogP contribution in [0.5, 0.6) is 69.0 Å². The van der Waals surface area contributed by atoms with E-state index in [2.05, 4.69) is 34.6 Å². The van der Waals surface area contributed by atoms with Gasteiger partial charge in [-0.25, -0.2) is 4.98 Å². The van der Waals surface area contributed by atoms with E-state index in [1.165, 1.54) is 71.2 Å². The summed E-state index contributed by atoms with van der Waals surface area (Å²) in [5.74, 6) is 5.46. The van der Waals surface area contributed by atoms with Gasteiger partial charge in [0.25, 0.3) is 0 Å². The molecule has 19 heteroatoms. The molecule has 0 bridgehead atoms. The number of hydrogen-bond acceptors (Lipinski definition) is 18. The molecule has 4 unspecified atom stereocenters. The van der Waals surface area contributed by atoms with E-state index < -0.39 is 0 Å². The third kappa shape index (κ3) is 15.2. The molecule has 2 fully saturated rings. The predicted molar refractivity (Wildman–Crippen MR) is 383 cm³/mol. The second-order valence-electron chi connectivity index (χ2n) is 23.7. The smallest absolute Gasteiger partial charge is 0.200 e. The largest absolute Gasteiger partial charge is 0.502 e. The fourth-order valence-corrected chi connectivity index (χ4v) is 14.5. The van der Waals surface area contributed by atoms with Gasteiger partial charge in [0.1, 0.15) is 5.82 Å². The molecule has 0 radical (unpaired) electrons. The number of ether oxygens (including phenoxy) is 8. The molecule has 3 aromatic heterocycles. The highest BCUT2D eigenvalue weighted by Crippen LogP contribution is 2.47. The number of allylic oxidation sites excluding steroid dienone is 1. The van der Waals surface area contributed by atoms with Crippen LogP contribution < -0.4 is 37.9 Å². The minimum atomic E-state index is -0.00271. The lowest BCUT2D eigenvalue weighted by molar-refractivity contribution is 0.290. The molecule has 500 valence electrons. The van der Waals surface area contributed by atoms with E-state index in [0.717, 1.165) is 90.2 Å². The standard InChI is InChI=1S/C23H22N2O3S.C22H19NO3S.2C16H21NO3/c1-3-27-17-13-16(14-18(22(17)26)28-4-2)23-24-20(15-9-6-5-7-10-15)21(25-23)19-11-8-12-29-19;1-25-18-11-15(12-19(26-2)22(18)24)17-13-16(14-7-4-3-5-8-14)21(23-17)20-9-6-10-27-20;2*1-19-14-8-11(9-15(20-2)16(14)18)13-7-10-5-3-4-6-12(10)17-13/h5-14,26H,3-4H2,1-2H3,(H,24,25);3-12,24H,13H2,1-2H3;2*8-10,12,18H,3-7H2,1-2H3. The zero-order valence-corrected chi connectivity index (χ0v) is 57.2. The molecular formula is C77H83N5O12S2. The van der Waals surface area contributed by atoms with Crippen LogP contribution in [0.1, 0.15) is 112 Å². The van der Waals surface area contributed by atoms with Crippen molar-refractivity contribution in [2.45, 2.75) is 96.6 Å². The number of imidazole rings is 1. The maximum atomic E-state index is 10.4. The van der Waals surface area contributed by atoms with E-state index in [9.17, 15) is 20.4 Å². The van der Waals surface area contributed by atoms with Gasteiger partial charge in [-0.05, 0) is 147 Å². The van der Waals surface area contributed by atoms with E-state index in [-0.39, 0.29) is 23.0 Å². The summed E-state index contributed by atoms with van der Waals surface area (Å²) < 4.78 is 42.7. The zero-order chi connectivity index (χ0) is 67.2. The number of aromatic amines is 1. The monoisotopic (exact) mass is 1330 g/mol. The number of aromatic nitrogens is 2. The van der Waals surface area contributed by atoms with Gasteiger partial charge in [0.15, 0.2) is 46.0 Å². The molecule has 2 aliphatic carbocycles. The van der Waals surface area contributed by atoms with E-state index in [1.807, 2.05) is 104 Å². The van der Waals surface area contributed by atoms with Gasteiger partial charge in [0.05, 0.1) is 101 Å². The number of H-pyrrole nitrogens is 1. The van der Waals surface area contributed by atoms with Crippen molar-refractivity contribution >= 4 is 51.1 Å². The van der Waals surface area contributed by atoms with E-state index in [1.54, 1.807) is 75.4 Å². The molecule has 14 rings (SSSR count). The molecular weight excluding hydrogens is 1250 g/mol. The van der Waals surface area contributed by atoms with Crippen LogP contribution in [-0.2, 0) is 0 Å². The number of rotatable bonds is 18. The molecule has 17 nitrogen and oxygen atoms in total. The molecule has 0 spiro atoms. The van der Waals surface area contributed by atoms with Gasteiger partial charge in [0.2, 0.25) is 23.0 Å². The number of nitrogens with zero attached hydrogens (tertiary/aromatic N) is 4. The molecule has 3 aliphatic heterocycles. The topological polar surface area (TPSA) is 221 Å². The molecule has 0 amide bonds. The Morgan fingerprint density at radius 1 is 0.438 bits per heavy atom. The van der Waals surface area contributed by atoms with E-state index >= 15 is 0 Å². The summed E-state index contributed by atoms with van der Waals surface area (Å²) in [6.07, 6.45) is 13.0. The maximum absolute atomic E-state index is 10.4.